The molecule has 0 atom stereocenters. The zero-order valence-electron chi connectivity index (χ0n) is 15.6. The summed E-state index contributed by atoms with van der Waals surface area (Å²) in [7, 11) is 2.10. The van der Waals surface area contributed by atoms with Crippen molar-refractivity contribution in [2.45, 2.75) is 33.1 Å². The fourth-order valence-corrected chi connectivity index (χ4v) is 3.93. The van der Waals surface area contributed by atoms with Crippen LogP contribution in [0, 0.1) is 13.8 Å². The van der Waals surface area contributed by atoms with Crippen LogP contribution in [0.15, 0.2) is 54.7 Å². The number of hydrogen-bond donors (Lipinski definition) is 0. The minimum atomic E-state index is -0.0874. The molecule has 1 aromatic heterocycles. The molecule has 2 aromatic carbocycles. The van der Waals surface area contributed by atoms with Crippen LogP contribution in [0.1, 0.15) is 36.1 Å². The lowest BCUT2D eigenvalue weighted by Gasteiger charge is -2.35. The molecule has 0 aliphatic carbocycles. The molecule has 3 aromatic rings. The first-order chi connectivity index (χ1) is 11.9. The number of para-hydroxylation sites is 1. The van der Waals surface area contributed by atoms with Gasteiger partial charge in [-0.2, -0.15) is 0 Å². The van der Waals surface area contributed by atoms with Gasteiger partial charge < -0.3 is 4.74 Å². The molecule has 0 unspecified atom stereocenters. The first-order valence-electron chi connectivity index (χ1n) is 8.77. The van der Waals surface area contributed by atoms with E-state index in [0.29, 0.717) is 0 Å². The van der Waals surface area contributed by atoms with E-state index in [1.165, 1.54) is 33.5 Å². The summed E-state index contributed by atoms with van der Waals surface area (Å²) in [6, 6.07) is 17.2. The molecule has 0 radical (unpaired) electrons. The fourth-order valence-electron chi connectivity index (χ4n) is 3.93. The average Bonchev–Trinajstić information content (AvgIpc) is 2.56. The Bertz CT molecular complexity index is 985. The van der Waals surface area contributed by atoms with Crippen LogP contribution in [-0.2, 0) is 12.5 Å². The van der Waals surface area contributed by atoms with Crippen molar-refractivity contribution in [2.75, 3.05) is 0 Å². The number of rotatable bonds is 1. The summed E-state index contributed by atoms with van der Waals surface area (Å²) in [5.74, 6) is 1.95. The Hall–Kier alpha value is -2.61. The summed E-state index contributed by atoms with van der Waals surface area (Å²) in [6.07, 6.45) is 2.16. The largest absolute Gasteiger partial charge is 0.456 e. The second-order valence-corrected chi connectivity index (χ2v) is 7.56. The fraction of sp³-hybridized carbons (Fsp3) is 0.261. The van der Waals surface area contributed by atoms with Gasteiger partial charge in [-0.05, 0) is 31.5 Å². The molecule has 0 amide bonds. The lowest BCUT2D eigenvalue weighted by atomic mass is 9.74. The number of benzene rings is 2. The maximum absolute atomic E-state index is 6.45. The van der Waals surface area contributed by atoms with Crippen molar-refractivity contribution in [3.05, 3.63) is 77.0 Å². The van der Waals surface area contributed by atoms with E-state index in [9.17, 15) is 0 Å². The summed E-state index contributed by atoms with van der Waals surface area (Å²) in [6.45, 7) is 8.84. The number of hydrogen-bond acceptors (Lipinski definition) is 1. The van der Waals surface area contributed by atoms with E-state index < -0.39 is 0 Å². The van der Waals surface area contributed by atoms with Crippen LogP contribution in [-0.4, -0.2) is 0 Å². The molecule has 0 fully saturated rings. The lowest BCUT2D eigenvalue weighted by molar-refractivity contribution is -0.660. The number of aryl methyl sites for hydroxylation is 3. The third kappa shape index (κ3) is 2.36. The molecule has 2 heteroatoms. The maximum atomic E-state index is 6.45. The van der Waals surface area contributed by atoms with Gasteiger partial charge in [-0.3, -0.25) is 0 Å². The Balaban J connectivity index is 2.02. The lowest BCUT2D eigenvalue weighted by Crippen LogP contribution is -2.32. The molecule has 0 bridgehead atoms. The Labute approximate surface area is 149 Å². The van der Waals surface area contributed by atoms with E-state index in [4.69, 9.17) is 4.74 Å². The number of nitrogens with zero attached hydrogens (tertiary/aromatic N) is 1. The first-order valence-corrected chi connectivity index (χ1v) is 8.77. The Morgan fingerprint density at radius 2 is 1.64 bits per heavy atom. The van der Waals surface area contributed by atoms with Crippen LogP contribution in [0.2, 0.25) is 0 Å². The third-order valence-corrected chi connectivity index (χ3v) is 5.35. The second kappa shape index (κ2) is 5.45. The van der Waals surface area contributed by atoms with E-state index in [1.54, 1.807) is 0 Å². The van der Waals surface area contributed by atoms with Gasteiger partial charge in [0.15, 0.2) is 6.20 Å². The quantitative estimate of drug-likeness (QED) is 0.557. The Morgan fingerprint density at radius 3 is 2.40 bits per heavy atom. The van der Waals surface area contributed by atoms with E-state index >= 15 is 0 Å². The average molecular weight is 330 g/mol. The number of pyridine rings is 1. The van der Waals surface area contributed by atoms with Crippen LogP contribution >= 0.6 is 0 Å². The number of aromatic nitrogens is 1. The molecule has 4 rings (SSSR count). The van der Waals surface area contributed by atoms with E-state index in [-0.39, 0.29) is 5.41 Å². The standard InChI is InChI=1S/C23H24NO/c1-15-10-13-19(24(5)14-15)21-16(2)11-12-18-22(21)25-20-9-7-6-8-17(20)23(18,3)4/h6-14H,1-5H3/q+1. The van der Waals surface area contributed by atoms with Crippen LogP contribution in [0.25, 0.3) is 11.3 Å². The molecule has 0 N–H and O–H groups in total. The molecule has 0 saturated carbocycles. The van der Waals surface area contributed by atoms with Crippen LogP contribution in [0.4, 0.5) is 0 Å². The topological polar surface area (TPSA) is 13.1 Å². The highest BCUT2D eigenvalue weighted by atomic mass is 16.5. The van der Waals surface area contributed by atoms with Crippen molar-refractivity contribution in [3.8, 4) is 22.8 Å². The summed E-state index contributed by atoms with van der Waals surface area (Å²) >= 11 is 0. The highest BCUT2D eigenvalue weighted by Gasteiger charge is 2.36. The molecule has 2 nitrogen and oxygen atoms in total. The van der Waals surface area contributed by atoms with Crippen molar-refractivity contribution < 1.29 is 9.30 Å². The molecule has 126 valence electrons. The molecule has 0 saturated heterocycles. The maximum Gasteiger partial charge on any atom is 0.216 e. The van der Waals surface area contributed by atoms with Crippen molar-refractivity contribution in [1.82, 2.24) is 0 Å². The Morgan fingerprint density at radius 1 is 0.880 bits per heavy atom. The summed E-state index contributed by atoms with van der Waals surface area (Å²) in [5.41, 5.74) is 7.24. The SMILES string of the molecule is Cc1ccc(-c2c(C)ccc3c2Oc2ccccc2C3(C)C)[n+](C)c1. The monoisotopic (exact) mass is 330 g/mol. The molecular formula is C23H24NO+. The number of ether oxygens (including phenoxy) is 1. The van der Waals surface area contributed by atoms with Gasteiger partial charge in [0.1, 0.15) is 18.5 Å². The van der Waals surface area contributed by atoms with Gasteiger partial charge in [0.05, 0.1) is 5.56 Å². The molecule has 0 spiro atoms. The normalized spacial score (nSPS) is 14.4. The zero-order valence-corrected chi connectivity index (χ0v) is 15.6. The predicted octanol–water partition coefficient (Wildman–Crippen LogP) is 5.23. The van der Waals surface area contributed by atoms with Gasteiger partial charge in [-0.15, -0.1) is 0 Å². The molecule has 1 aliphatic heterocycles. The summed E-state index contributed by atoms with van der Waals surface area (Å²) in [4.78, 5) is 0. The van der Waals surface area contributed by atoms with Crippen molar-refractivity contribution >= 4 is 0 Å². The van der Waals surface area contributed by atoms with E-state index in [1.807, 2.05) is 6.07 Å². The van der Waals surface area contributed by atoms with Gasteiger partial charge in [-0.1, -0.05) is 44.2 Å². The second-order valence-electron chi connectivity index (χ2n) is 7.56. The van der Waals surface area contributed by atoms with Gasteiger partial charge >= 0.3 is 0 Å². The minimum absolute atomic E-state index is 0.0874. The first kappa shape index (κ1) is 15.9. The van der Waals surface area contributed by atoms with Gasteiger partial charge in [-0.25, -0.2) is 4.57 Å². The van der Waals surface area contributed by atoms with Crippen molar-refractivity contribution in [3.63, 3.8) is 0 Å². The highest BCUT2D eigenvalue weighted by molar-refractivity contribution is 5.75. The predicted molar refractivity (Wildman–Crippen MR) is 101 cm³/mol. The van der Waals surface area contributed by atoms with Crippen molar-refractivity contribution in [2.24, 2.45) is 7.05 Å². The smallest absolute Gasteiger partial charge is 0.216 e. The van der Waals surface area contributed by atoms with E-state index in [2.05, 4.69) is 88.0 Å². The van der Waals surface area contributed by atoms with Crippen LogP contribution < -0.4 is 9.30 Å². The molecule has 25 heavy (non-hydrogen) atoms. The van der Waals surface area contributed by atoms with Gasteiger partial charge in [0.2, 0.25) is 5.69 Å². The summed E-state index contributed by atoms with van der Waals surface area (Å²) in [5, 5.41) is 0. The van der Waals surface area contributed by atoms with Crippen LogP contribution in [0.3, 0.4) is 0 Å². The molecule has 1 aliphatic rings. The van der Waals surface area contributed by atoms with Gasteiger partial charge in [0, 0.05) is 28.2 Å². The summed E-state index contributed by atoms with van der Waals surface area (Å²) < 4.78 is 8.64. The molecule has 2 heterocycles. The Kier molecular flexibility index (Phi) is 3.47. The van der Waals surface area contributed by atoms with Crippen LogP contribution in [0.5, 0.6) is 11.5 Å². The molecular weight excluding hydrogens is 306 g/mol. The highest BCUT2D eigenvalue weighted by Crippen LogP contribution is 2.51. The zero-order chi connectivity index (χ0) is 17.8. The van der Waals surface area contributed by atoms with Crippen molar-refractivity contribution in [1.29, 1.82) is 0 Å². The minimum Gasteiger partial charge on any atom is -0.456 e. The van der Waals surface area contributed by atoms with Gasteiger partial charge in [0.25, 0.3) is 0 Å². The number of fused-ring (bicyclic) bond motifs is 2. The third-order valence-electron chi connectivity index (χ3n) is 5.35. The van der Waals surface area contributed by atoms with E-state index in [0.717, 1.165) is 11.5 Å².